The van der Waals surface area contributed by atoms with E-state index in [9.17, 15) is 9.18 Å². The third-order valence-corrected chi connectivity index (χ3v) is 5.32. The topological polar surface area (TPSA) is 56.2 Å². The van der Waals surface area contributed by atoms with Gasteiger partial charge in [0.05, 0.1) is 23.5 Å². The number of rotatable bonds is 7. The molecule has 0 aliphatic heterocycles. The number of halogens is 3. The lowest BCUT2D eigenvalue weighted by Crippen LogP contribution is -2.12. The van der Waals surface area contributed by atoms with Crippen molar-refractivity contribution in [2.24, 2.45) is 0 Å². The molecule has 8 heteroatoms. The molecule has 0 aliphatic rings. The molecule has 0 aliphatic carbocycles. The predicted molar refractivity (Wildman–Crippen MR) is 123 cm³/mol. The Morgan fingerprint density at radius 1 is 1.03 bits per heavy atom. The summed E-state index contributed by atoms with van der Waals surface area (Å²) in [6, 6.07) is 18.6. The highest BCUT2D eigenvalue weighted by atomic mass is 35.5. The summed E-state index contributed by atoms with van der Waals surface area (Å²) in [6.45, 7) is 0.630. The standard InChI is InChI=1S/C24H18Cl2FN3O2/c25-21-6-1-2-7-23(21)32-15-16-4-3-5-17(10-16)24(31)29-20-12-28-30(14-20)13-18-8-9-19(27)11-22(18)26/h1-12,14H,13,15H2,(H,29,31). The molecule has 32 heavy (non-hydrogen) atoms. The number of hydrogen-bond acceptors (Lipinski definition) is 3. The Hall–Kier alpha value is -3.35. The number of hydrogen-bond donors (Lipinski definition) is 1. The van der Waals surface area contributed by atoms with Crippen LogP contribution < -0.4 is 10.1 Å². The molecule has 162 valence electrons. The molecular formula is C24H18Cl2FN3O2. The van der Waals surface area contributed by atoms with Crippen LogP contribution in [0.5, 0.6) is 5.75 Å². The highest BCUT2D eigenvalue weighted by Gasteiger charge is 2.10. The zero-order valence-corrected chi connectivity index (χ0v) is 18.3. The minimum atomic E-state index is -0.397. The summed E-state index contributed by atoms with van der Waals surface area (Å²) in [5.41, 5.74) is 2.57. The number of carbonyl (C=O) groups excluding carboxylic acids is 1. The molecule has 4 aromatic rings. The van der Waals surface area contributed by atoms with Gasteiger partial charge in [0, 0.05) is 16.8 Å². The molecule has 0 saturated carbocycles. The fourth-order valence-electron chi connectivity index (χ4n) is 3.07. The van der Waals surface area contributed by atoms with E-state index in [-0.39, 0.29) is 12.5 Å². The average molecular weight is 470 g/mol. The SMILES string of the molecule is O=C(Nc1cnn(Cc2ccc(F)cc2Cl)c1)c1cccc(COc2ccccc2Cl)c1. The van der Waals surface area contributed by atoms with E-state index in [0.29, 0.717) is 33.6 Å². The largest absolute Gasteiger partial charge is 0.487 e. The van der Waals surface area contributed by atoms with Crippen LogP contribution in [0, 0.1) is 5.82 Å². The quantitative estimate of drug-likeness (QED) is 0.350. The maximum atomic E-state index is 13.2. The van der Waals surface area contributed by atoms with Gasteiger partial charge in [0.15, 0.2) is 0 Å². The van der Waals surface area contributed by atoms with Crippen LogP contribution in [0.2, 0.25) is 10.0 Å². The fraction of sp³-hybridized carbons (Fsp3) is 0.0833. The van der Waals surface area contributed by atoms with Gasteiger partial charge in [-0.2, -0.15) is 5.10 Å². The van der Waals surface area contributed by atoms with Crippen LogP contribution >= 0.6 is 23.2 Å². The molecule has 0 saturated heterocycles. The van der Waals surface area contributed by atoms with Crippen molar-refractivity contribution in [3.8, 4) is 5.75 Å². The lowest BCUT2D eigenvalue weighted by molar-refractivity contribution is 0.102. The number of aromatic nitrogens is 2. The number of nitrogens with zero attached hydrogens (tertiary/aromatic N) is 2. The number of carbonyl (C=O) groups is 1. The Morgan fingerprint density at radius 2 is 1.88 bits per heavy atom. The third kappa shape index (κ3) is 5.46. The maximum Gasteiger partial charge on any atom is 0.255 e. The predicted octanol–water partition coefficient (Wildman–Crippen LogP) is 6.21. The molecule has 0 atom stereocenters. The summed E-state index contributed by atoms with van der Waals surface area (Å²) in [4.78, 5) is 12.7. The Kier molecular flexibility index (Phi) is 6.73. The van der Waals surface area contributed by atoms with E-state index < -0.39 is 5.82 Å². The Bertz CT molecular complexity index is 1260. The van der Waals surface area contributed by atoms with Gasteiger partial charge >= 0.3 is 0 Å². The lowest BCUT2D eigenvalue weighted by Gasteiger charge is -2.09. The molecule has 0 radical (unpaired) electrons. The second-order valence-corrected chi connectivity index (χ2v) is 7.85. The van der Waals surface area contributed by atoms with Gasteiger partial charge < -0.3 is 10.1 Å². The van der Waals surface area contributed by atoms with Crippen LogP contribution in [0.15, 0.2) is 79.1 Å². The second-order valence-electron chi connectivity index (χ2n) is 7.04. The molecule has 4 rings (SSSR count). The van der Waals surface area contributed by atoms with Crippen molar-refractivity contribution in [2.75, 3.05) is 5.32 Å². The number of anilines is 1. The third-order valence-electron chi connectivity index (χ3n) is 4.66. The second kappa shape index (κ2) is 9.85. The summed E-state index contributed by atoms with van der Waals surface area (Å²) in [5.74, 6) is -0.0895. The smallest absolute Gasteiger partial charge is 0.255 e. The fourth-order valence-corrected chi connectivity index (χ4v) is 3.48. The van der Waals surface area contributed by atoms with Crippen LogP contribution in [0.25, 0.3) is 0 Å². The number of benzene rings is 3. The van der Waals surface area contributed by atoms with Gasteiger partial charge in [-0.3, -0.25) is 9.48 Å². The zero-order chi connectivity index (χ0) is 22.5. The number of amides is 1. The first-order valence-corrected chi connectivity index (χ1v) is 10.5. The molecular weight excluding hydrogens is 452 g/mol. The van der Waals surface area contributed by atoms with Gasteiger partial charge in [0.25, 0.3) is 5.91 Å². The summed E-state index contributed by atoms with van der Waals surface area (Å²) in [5, 5.41) is 7.90. The van der Waals surface area contributed by atoms with Crippen molar-refractivity contribution < 1.29 is 13.9 Å². The molecule has 0 bridgehead atoms. The van der Waals surface area contributed by atoms with E-state index in [1.807, 2.05) is 18.2 Å². The lowest BCUT2D eigenvalue weighted by atomic mass is 10.1. The molecule has 0 unspecified atom stereocenters. The monoisotopic (exact) mass is 469 g/mol. The molecule has 0 fully saturated rings. The summed E-state index contributed by atoms with van der Waals surface area (Å²) in [6.07, 6.45) is 3.22. The molecule has 1 aromatic heterocycles. The van der Waals surface area contributed by atoms with Crippen LogP contribution in [-0.4, -0.2) is 15.7 Å². The zero-order valence-electron chi connectivity index (χ0n) is 16.8. The first-order valence-electron chi connectivity index (χ1n) is 9.72. The van der Waals surface area contributed by atoms with E-state index in [0.717, 1.165) is 11.1 Å². The van der Waals surface area contributed by atoms with Crippen LogP contribution in [0.3, 0.4) is 0 Å². The summed E-state index contributed by atoms with van der Waals surface area (Å²) >= 11 is 12.2. The Balaban J connectivity index is 1.39. The number of nitrogens with one attached hydrogen (secondary N) is 1. The van der Waals surface area contributed by atoms with Crippen LogP contribution in [-0.2, 0) is 13.2 Å². The Labute approximate surface area is 194 Å². The van der Waals surface area contributed by atoms with E-state index in [1.54, 1.807) is 53.5 Å². The van der Waals surface area contributed by atoms with Crippen LogP contribution in [0.4, 0.5) is 10.1 Å². The van der Waals surface area contributed by atoms with E-state index in [1.165, 1.54) is 12.1 Å². The summed E-state index contributed by atoms with van der Waals surface area (Å²) in [7, 11) is 0. The molecule has 0 spiro atoms. The first-order chi connectivity index (χ1) is 15.5. The van der Waals surface area contributed by atoms with Crippen molar-refractivity contribution in [2.45, 2.75) is 13.2 Å². The van der Waals surface area contributed by atoms with Gasteiger partial charge in [-0.1, -0.05) is 53.5 Å². The number of ether oxygens (including phenoxy) is 1. The molecule has 1 N–H and O–H groups in total. The molecule has 1 amide bonds. The highest BCUT2D eigenvalue weighted by molar-refractivity contribution is 6.32. The van der Waals surface area contributed by atoms with Gasteiger partial charge in [-0.25, -0.2) is 4.39 Å². The van der Waals surface area contributed by atoms with E-state index in [4.69, 9.17) is 27.9 Å². The van der Waals surface area contributed by atoms with Crippen molar-refractivity contribution >= 4 is 34.8 Å². The van der Waals surface area contributed by atoms with Gasteiger partial charge in [0.2, 0.25) is 0 Å². The van der Waals surface area contributed by atoms with Crippen molar-refractivity contribution in [1.82, 2.24) is 9.78 Å². The first kappa shape index (κ1) is 21.9. The van der Waals surface area contributed by atoms with Crippen LogP contribution in [0.1, 0.15) is 21.5 Å². The molecule has 1 heterocycles. The number of para-hydroxylation sites is 1. The highest BCUT2D eigenvalue weighted by Crippen LogP contribution is 2.24. The van der Waals surface area contributed by atoms with Gasteiger partial charge in [0.1, 0.15) is 18.2 Å². The van der Waals surface area contributed by atoms with Crippen molar-refractivity contribution in [3.05, 3.63) is 112 Å². The minimum absolute atomic E-state index is 0.274. The molecule has 5 nitrogen and oxygen atoms in total. The normalized spacial score (nSPS) is 10.7. The van der Waals surface area contributed by atoms with E-state index in [2.05, 4.69) is 10.4 Å². The van der Waals surface area contributed by atoms with Gasteiger partial charge in [-0.15, -0.1) is 0 Å². The van der Waals surface area contributed by atoms with Crippen molar-refractivity contribution in [1.29, 1.82) is 0 Å². The summed E-state index contributed by atoms with van der Waals surface area (Å²) < 4.78 is 20.6. The minimum Gasteiger partial charge on any atom is -0.487 e. The maximum absolute atomic E-state index is 13.2. The molecule has 3 aromatic carbocycles. The average Bonchev–Trinajstić information content (AvgIpc) is 3.22. The van der Waals surface area contributed by atoms with Crippen molar-refractivity contribution in [3.63, 3.8) is 0 Å². The van der Waals surface area contributed by atoms with E-state index >= 15 is 0 Å². The van der Waals surface area contributed by atoms with Gasteiger partial charge in [-0.05, 0) is 47.5 Å². The Morgan fingerprint density at radius 3 is 2.69 bits per heavy atom.